The van der Waals surface area contributed by atoms with Crippen molar-refractivity contribution in [3.8, 4) is 11.4 Å². The highest BCUT2D eigenvalue weighted by Crippen LogP contribution is 2.18. The predicted octanol–water partition coefficient (Wildman–Crippen LogP) is -0.336. The molecule has 0 aliphatic heterocycles. The normalized spacial score (nSPS) is 11.7. The second kappa shape index (κ2) is 3.86. The third-order valence-corrected chi connectivity index (χ3v) is 2.92. The quantitative estimate of drug-likeness (QED) is 0.792. The van der Waals surface area contributed by atoms with Crippen molar-refractivity contribution >= 4 is 10.0 Å². The molecule has 0 saturated heterocycles. The molecule has 0 aliphatic rings. The van der Waals surface area contributed by atoms with Gasteiger partial charge in [-0.15, -0.1) is 10.2 Å². The molecule has 0 fully saturated rings. The van der Waals surface area contributed by atoms with Gasteiger partial charge in [-0.05, 0) is 6.07 Å². The second-order valence-corrected chi connectivity index (χ2v) is 4.76. The topological polar surface area (TPSA) is 104 Å². The summed E-state index contributed by atoms with van der Waals surface area (Å²) >= 11 is 0. The summed E-state index contributed by atoms with van der Waals surface area (Å²) in [6, 6.07) is 1.17. The summed E-state index contributed by atoms with van der Waals surface area (Å²) in [5, 5.41) is 11.6. The van der Waals surface area contributed by atoms with E-state index in [0.717, 1.165) is 10.8 Å². The standard InChI is InChI=1S/C8H8FN5O2S/c1-14-7(5-2-6(9)4-11-3-5)12-13-8(14)17(10,15)16/h2-4H,1H3,(H2,10,15,16). The first-order valence-electron chi connectivity index (χ1n) is 4.42. The van der Waals surface area contributed by atoms with E-state index in [0.29, 0.717) is 5.56 Å². The van der Waals surface area contributed by atoms with E-state index >= 15 is 0 Å². The second-order valence-electron chi connectivity index (χ2n) is 3.30. The number of nitrogens with zero attached hydrogens (tertiary/aromatic N) is 4. The van der Waals surface area contributed by atoms with Crippen LogP contribution in [0.4, 0.5) is 4.39 Å². The molecule has 2 rings (SSSR count). The van der Waals surface area contributed by atoms with Crippen molar-refractivity contribution in [3.63, 3.8) is 0 Å². The van der Waals surface area contributed by atoms with Gasteiger partial charge < -0.3 is 0 Å². The summed E-state index contributed by atoms with van der Waals surface area (Å²) in [5.41, 5.74) is 0.315. The highest BCUT2D eigenvalue weighted by molar-refractivity contribution is 7.89. The maximum atomic E-state index is 13.0. The van der Waals surface area contributed by atoms with E-state index in [1.54, 1.807) is 0 Å². The van der Waals surface area contributed by atoms with Crippen LogP contribution in [0.5, 0.6) is 0 Å². The molecule has 2 heterocycles. The Bertz CT molecular complexity index is 666. The summed E-state index contributed by atoms with van der Waals surface area (Å²) in [7, 11) is -2.54. The van der Waals surface area contributed by atoms with E-state index in [9.17, 15) is 12.8 Å². The van der Waals surface area contributed by atoms with Gasteiger partial charge in [-0.25, -0.2) is 17.9 Å². The number of aromatic nitrogens is 4. The fourth-order valence-electron chi connectivity index (χ4n) is 1.35. The van der Waals surface area contributed by atoms with Gasteiger partial charge in [-0.2, -0.15) is 0 Å². The zero-order valence-corrected chi connectivity index (χ0v) is 9.52. The predicted molar refractivity (Wildman–Crippen MR) is 55.6 cm³/mol. The van der Waals surface area contributed by atoms with Crippen LogP contribution in [0.3, 0.4) is 0 Å². The van der Waals surface area contributed by atoms with Crippen molar-refractivity contribution in [3.05, 3.63) is 24.3 Å². The monoisotopic (exact) mass is 257 g/mol. The van der Waals surface area contributed by atoms with Crippen molar-refractivity contribution in [1.82, 2.24) is 19.7 Å². The van der Waals surface area contributed by atoms with E-state index in [-0.39, 0.29) is 5.82 Å². The van der Waals surface area contributed by atoms with Gasteiger partial charge in [0.25, 0.3) is 15.2 Å². The van der Waals surface area contributed by atoms with Crippen molar-refractivity contribution in [2.24, 2.45) is 12.2 Å². The van der Waals surface area contributed by atoms with Crippen LogP contribution < -0.4 is 5.14 Å². The molecule has 0 spiro atoms. The first kappa shape index (κ1) is 11.6. The maximum Gasteiger partial charge on any atom is 0.273 e. The molecule has 9 heteroatoms. The Kier molecular flexibility index (Phi) is 2.63. The molecule has 0 aliphatic carbocycles. The number of sulfonamides is 1. The smallest absolute Gasteiger partial charge is 0.273 e. The number of rotatable bonds is 2. The fraction of sp³-hybridized carbons (Fsp3) is 0.125. The van der Waals surface area contributed by atoms with Crippen LogP contribution >= 0.6 is 0 Å². The van der Waals surface area contributed by atoms with Crippen LogP contribution in [0.25, 0.3) is 11.4 Å². The third kappa shape index (κ3) is 2.15. The average Bonchev–Trinajstić information content (AvgIpc) is 2.59. The molecule has 0 radical (unpaired) electrons. The average molecular weight is 257 g/mol. The molecule has 0 amide bonds. The van der Waals surface area contributed by atoms with Gasteiger partial charge in [0.1, 0.15) is 5.82 Å². The first-order valence-corrected chi connectivity index (χ1v) is 5.97. The maximum absolute atomic E-state index is 13.0. The van der Waals surface area contributed by atoms with Gasteiger partial charge in [-0.3, -0.25) is 9.55 Å². The van der Waals surface area contributed by atoms with E-state index < -0.39 is 21.0 Å². The molecule has 90 valence electrons. The van der Waals surface area contributed by atoms with Crippen LogP contribution in [-0.2, 0) is 17.1 Å². The summed E-state index contributed by atoms with van der Waals surface area (Å²) in [4.78, 5) is 3.64. The minimum absolute atomic E-state index is 0.168. The number of nitrogens with two attached hydrogens (primary N) is 1. The van der Waals surface area contributed by atoms with E-state index in [4.69, 9.17) is 5.14 Å². The Morgan fingerprint density at radius 2 is 2.06 bits per heavy atom. The molecule has 2 aromatic rings. The SMILES string of the molecule is Cn1c(-c2cncc(F)c2)nnc1S(N)(=O)=O. The molecule has 17 heavy (non-hydrogen) atoms. The lowest BCUT2D eigenvalue weighted by molar-refractivity contribution is 0.580. The Balaban J connectivity index is 2.60. The molecule has 0 atom stereocenters. The fourth-order valence-corrected chi connectivity index (χ4v) is 1.97. The third-order valence-electron chi connectivity index (χ3n) is 2.05. The van der Waals surface area contributed by atoms with Crippen LogP contribution in [0.1, 0.15) is 0 Å². The van der Waals surface area contributed by atoms with Crippen molar-refractivity contribution in [1.29, 1.82) is 0 Å². The molecule has 0 saturated carbocycles. The van der Waals surface area contributed by atoms with Crippen LogP contribution in [0.15, 0.2) is 23.6 Å². The molecule has 0 aromatic carbocycles. The van der Waals surface area contributed by atoms with Gasteiger partial charge in [0.05, 0.1) is 6.20 Å². The lowest BCUT2D eigenvalue weighted by Crippen LogP contribution is -2.17. The van der Waals surface area contributed by atoms with Crippen molar-refractivity contribution in [2.45, 2.75) is 5.16 Å². The van der Waals surface area contributed by atoms with E-state index in [1.807, 2.05) is 0 Å². The van der Waals surface area contributed by atoms with Crippen LogP contribution in [-0.4, -0.2) is 28.2 Å². The van der Waals surface area contributed by atoms with Crippen molar-refractivity contribution < 1.29 is 12.8 Å². The number of hydrogen-bond acceptors (Lipinski definition) is 5. The first-order chi connectivity index (χ1) is 7.89. The zero-order valence-electron chi connectivity index (χ0n) is 8.70. The number of pyridine rings is 1. The summed E-state index contributed by atoms with van der Waals surface area (Å²) in [6.45, 7) is 0. The Hall–Kier alpha value is -1.87. The minimum Gasteiger partial charge on any atom is -0.300 e. The van der Waals surface area contributed by atoms with Gasteiger partial charge in [0.2, 0.25) is 0 Å². The van der Waals surface area contributed by atoms with Crippen LogP contribution in [0, 0.1) is 5.82 Å². The number of hydrogen-bond donors (Lipinski definition) is 1. The Morgan fingerprint density at radius 1 is 1.35 bits per heavy atom. The largest absolute Gasteiger partial charge is 0.300 e. The molecule has 2 aromatic heterocycles. The zero-order chi connectivity index (χ0) is 12.6. The lowest BCUT2D eigenvalue weighted by Gasteiger charge is -2.01. The summed E-state index contributed by atoms with van der Waals surface area (Å²) in [5.74, 6) is -0.385. The highest BCUT2D eigenvalue weighted by Gasteiger charge is 2.19. The highest BCUT2D eigenvalue weighted by atomic mass is 32.2. The molecular formula is C8H8FN5O2S. The molecular weight excluding hydrogens is 249 g/mol. The van der Waals surface area contributed by atoms with E-state index in [2.05, 4.69) is 15.2 Å². The molecule has 7 nitrogen and oxygen atoms in total. The van der Waals surface area contributed by atoms with Gasteiger partial charge in [0, 0.05) is 18.8 Å². The molecule has 0 bridgehead atoms. The lowest BCUT2D eigenvalue weighted by atomic mass is 10.2. The van der Waals surface area contributed by atoms with Crippen LogP contribution in [0.2, 0.25) is 0 Å². The molecule has 0 unspecified atom stereocenters. The Morgan fingerprint density at radius 3 is 2.59 bits per heavy atom. The van der Waals surface area contributed by atoms with E-state index in [1.165, 1.54) is 19.3 Å². The van der Waals surface area contributed by atoms with Gasteiger partial charge >= 0.3 is 0 Å². The number of halogens is 1. The van der Waals surface area contributed by atoms with Crippen molar-refractivity contribution in [2.75, 3.05) is 0 Å². The van der Waals surface area contributed by atoms with Gasteiger partial charge in [0.15, 0.2) is 5.82 Å². The number of primary sulfonamides is 1. The minimum atomic E-state index is -3.96. The van der Waals surface area contributed by atoms with Gasteiger partial charge in [-0.1, -0.05) is 0 Å². The Labute approximate surface area is 96.2 Å². The summed E-state index contributed by atoms with van der Waals surface area (Å²) < 4.78 is 36.4. The molecule has 2 N–H and O–H groups in total. The summed E-state index contributed by atoms with van der Waals surface area (Å²) in [6.07, 6.45) is 2.38.